The molecule has 0 aliphatic carbocycles. The van der Waals surface area contributed by atoms with Crippen LogP contribution in [0.1, 0.15) is 5.56 Å². The predicted octanol–water partition coefficient (Wildman–Crippen LogP) is 2.21. The molecule has 1 aliphatic heterocycles. The molecule has 142 valence electrons. The van der Waals surface area contributed by atoms with Gasteiger partial charge in [0.05, 0.1) is 13.7 Å². The van der Waals surface area contributed by atoms with E-state index in [0.29, 0.717) is 18.0 Å². The zero-order valence-electron chi connectivity index (χ0n) is 15.1. The van der Waals surface area contributed by atoms with Gasteiger partial charge in [-0.25, -0.2) is 4.79 Å². The number of nitrogens with zero attached hydrogens (tertiary/aromatic N) is 1. The standard InChI is InChI=1S/C20H22N2O5/c1-25-18-10-6-5-7-15(18)13-21-19(23)17-14-27-20(24)22(17)11-12-26-16-8-3-2-4-9-16/h2-10,17H,11-14H2,1H3,(H,21,23)/t17-/m0/s1. The molecule has 7 heteroatoms. The van der Waals surface area contributed by atoms with Gasteiger partial charge in [-0.15, -0.1) is 0 Å². The molecule has 1 atom stereocenters. The van der Waals surface area contributed by atoms with Gasteiger partial charge in [0.25, 0.3) is 0 Å². The Labute approximate surface area is 157 Å². The molecule has 1 N–H and O–H groups in total. The van der Waals surface area contributed by atoms with E-state index in [2.05, 4.69) is 5.32 Å². The van der Waals surface area contributed by atoms with E-state index in [0.717, 1.165) is 5.56 Å². The molecule has 1 saturated heterocycles. The van der Waals surface area contributed by atoms with Crippen molar-refractivity contribution < 1.29 is 23.8 Å². The first-order chi connectivity index (χ1) is 13.2. The quantitative estimate of drug-likeness (QED) is 0.771. The zero-order chi connectivity index (χ0) is 19.1. The number of methoxy groups -OCH3 is 1. The van der Waals surface area contributed by atoms with Gasteiger partial charge in [0, 0.05) is 12.1 Å². The summed E-state index contributed by atoms with van der Waals surface area (Å²) >= 11 is 0. The van der Waals surface area contributed by atoms with Gasteiger partial charge in [-0.3, -0.25) is 9.69 Å². The number of carbonyl (C=O) groups excluding carboxylic acids is 2. The summed E-state index contributed by atoms with van der Waals surface area (Å²) in [6.07, 6.45) is -0.510. The molecule has 0 unspecified atom stereocenters. The fourth-order valence-corrected chi connectivity index (χ4v) is 2.84. The molecule has 2 aromatic rings. The van der Waals surface area contributed by atoms with Crippen molar-refractivity contribution >= 4 is 12.0 Å². The Bertz CT molecular complexity index is 781. The van der Waals surface area contributed by atoms with Gasteiger partial charge in [-0.05, 0) is 18.2 Å². The Balaban J connectivity index is 1.54. The summed E-state index contributed by atoms with van der Waals surface area (Å²) in [5, 5.41) is 2.84. The molecule has 2 amide bonds. The van der Waals surface area contributed by atoms with Gasteiger partial charge < -0.3 is 19.5 Å². The van der Waals surface area contributed by atoms with Gasteiger partial charge >= 0.3 is 6.09 Å². The van der Waals surface area contributed by atoms with Crippen LogP contribution in [0.4, 0.5) is 4.79 Å². The van der Waals surface area contributed by atoms with E-state index in [1.54, 1.807) is 7.11 Å². The lowest BCUT2D eigenvalue weighted by Crippen LogP contribution is -2.46. The number of ether oxygens (including phenoxy) is 3. The van der Waals surface area contributed by atoms with Crippen molar-refractivity contribution in [2.75, 3.05) is 26.9 Å². The van der Waals surface area contributed by atoms with Crippen molar-refractivity contribution in [1.29, 1.82) is 0 Å². The molecule has 7 nitrogen and oxygen atoms in total. The minimum atomic E-state index is -0.674. The Morgan fingerprint density at radius 2 is 1.93 bits per heavy atom. The van der Waals surface area contributed by atoms with Crippen LogP contribution in [0.15, 0.2) is 54.6 Å². The van der Waals surface area contributed by atoms with E-state index in [9.17, 15) is 9.59 Å². The first-order valence-corrected chi connectivity index (χ1v) is 8.70. The van der Waals surface area contributed by atoms with Crippen LogP contribution in [0.3, 0.4) is 0 Å². The molecule has 3 rings (SSSR count). The highest BCUT2D eigenvalue weighted by Gasteiger charge is 2.37. The fraction of sp³-hybridized carbons (Fsp3) is 0.300. The largest absolute Gasteiger partial charge is 0.496 e. The minimum Gasteiger partial charge on any atom is -0.496 e. The van der Waals surface area contributed by atoms with Crippen molar-refractivity contribution in [3.8, 4) is 11.5 Å². The molecule has 0 aromatic heterocycles. The Morgan fingerprint density at radius 3 is 2.70 bits per heavy atom. The van der Waals surface area contributed by atoms with Crippen molar-refractivity contribution in [3.63, 3.8) is 0 Å². The number of rotatable bonds is 8. The highest BCUT2D eigenvalue weighted by molar-refractivity contribution is 5.87. The summed E-state index contributed by atoms with van der Waals surface area (Å²) in [5.74, 6) is 1.14. The van der Waals surface area contributed by atoms with Gasteiger partial charge in [0.15, 0.2) is 0 Å². The third-order valence-corrected chi connectivity index (χ3v) is 4.27. The lowest BCUT2D eigenvalue weighted by molar-refractivity contribution is -0.125. The number of hydrogen-bond donors (Lipinski definition) is 1. The van der Waals surface area contributed by atoms with Gasteiger partial charge in [-0.2, -0.15) is 0 Å². The normalized spacial score (nSPS) is 16.0. The Hall–Kier alpha value is -3.22. The zero-order valence-corrected chi connectivity index (χ0v) is 15.1. The van der Waals surface area contributed by atoms with E-state index in [4.69, 9.17) is 14.2 Å². The molecule has 0 spiro atoms. The molecule has 1 aliphatic rings. The maximum atomic E-state index is 12.5. The first-order valence-electron chi connectivity index (χ1n) is 8.70. The predicted molar refractivity (Wildman–Crippen MR) is 98.6 cm³/mol. The van der Waals surface area contributed by atoms with Gasteiger partial charge in [0.2, 0.25) is 5.91 Å². The molecular weight excluding hydrogens is 348 g/mol. The summed E-state index contributed by atoms with van der Waals surface area (Å²) in [7, 11) is 1.58. The third-order valence-electron chi connectivity index (χ3n) is 4.27. The highest BCUT2D eigenvalue weighted by Crippen LogP contribution is 2.18. The van der Waals surface area contributed by atoms with Crippen molar-refractivity contribution in [2.45, 2.75) is 12.6 Å². The lowest BCUT2D eigenvalue weighted by atomic mass is 10.2. The molecule has 1 fully saturated rings. The molecule has 0 radical (unpaired) electrons. The van der Waals surface area contributed by atoms with Crippen LogP contribution < -0.4 is 14.8 Å². The van der Waals surface area contributed by atoms with Crippen LogP contribution in [0.5, 0.6) is 11.5 Å². The first kappa shape index (κ1) is 18.6. The fourth-order valence-electron chi connectivity index (χ4n) is 2.84. The summed E-state index contributed by atoms with van der Waals surface area (Å²) in [4.78, 5) is 25.9. The van der Waals surface area contributed by atoms with E-state index < -0.39 is 12.1 Å². The second-order valence-corrected chi connectivity index (χ2v) is 5.98. The third kappa shape index (κ3) is 4.69. The molecule has 27 heavy (non-hydrogen) atoms. The molecular formula is C20H22N2O5. The van der Waals surface area contributed by atoms with Crippen molar-refractivity contribution in [1.82, 2.24) is 10.2 Å². The second kappa shape index (κ2) is 8.93. The van der Waals surface area contributed by atoms with Gasteiger partial charge in [-0.1, -0.05) is 36.4 Å². The van der Waals surface area contributed by atoms with E-state index in [-0.39, 0.29) is 25.7 Å². The van der Waals surface area contributed by atoms with Crippen LogP contribution in [0.25, 0.3) is 0 Å². The number of para-hydroxylation sites is 2. The monoisotopic (exact) mass is 370 g/mol. The van der Waals surface area contributed by atoms with E-state index in [1.807, 2.05) is 54.6 Å². The van der Waals surface area contributed by atoms with Gasteiger partial charge in [0.1, 0.15) is 30.8 Å². The average molecular weight is 370 g/mol. The van der Waals surface area contributed by atoms with Crippen LogP contribution in [0.2, 0.25) is 0 Å². The van der Waals surface area contributed by atoms with Crippen LogP contribution in [-0.2, 0) is 16.1 Å². The summed E-state index contributed by atoms with van der Waals surface area (Å²) in [6.45, 7) is 0.875. The number of hydrogen-bond acceptors (Lipinski definition) is 5. The smallest absolute Gasteiger partial charge is 0.410 e. The van der Waals surface area contributed by atoms with E-state index in [1.165, 1.54) is 4.90 Å². The summed E-state index contributed by atoms with van der Waals surface area (Å²) in [5.41, 5.74) is 0.859. The van der Waals surface area contributed by atoms with E-state index >= 15 is 0 Å². The number of carbonyl (C=O) groups is 2. The summed E-state index contributed by atoms with van der Waals surface area (Å²) < 4.78 is 15.9. The van der Waals surface area contributed by atoms with Crippen LogP contribution >= 0.6 is 0 Å². The Kier molecular flexibility index (Phi) is 6.14. The second-order valence-electron chi connectivity index (χ2n) is 5.98. The minimum absolute atomic E-state index is 0.0297. The topological polar surface area (TPSA) is 77.1 Å². The maximum absolute atomic E-state index is 12.5. The Morgan fingerprint density at radius 1 is 1.19 bits per heavy atom. The lowest BCUT2D eigenvalue weighted by Gasteiger charge is -2.21. The van der Waals surface area contributed by atoms with Crippen LogP contribution in [0, 0.1) is 0 Å². The molecule has 0 bridgehead atoms. The average Bonchev–Trinajstić information content (AvgIpc) is 3.08. The number of benzene rings is 2. The number of amides is 2. The highest BCUT2D eigenvalue weighted by atomic mass is 16.6. The molecule has 2 aromatic carbocycles. The summed E-state index contributed by atoms with van der Waals surface area (Å²) in [6, 6.07) is 16.1. The van der Waals surface area contributed by atoms with Crippen molar-refractivity contribution in [3.05, 3.63) is 60.2 Å². The molecule has 0 saturated carbocycles. The maximum Gasteiger partial charge on any atom is 0.410 e. The number of cyclic esters (lactones) is 1. The molecule has 1 heterocycles. The SMILES string of the molecule is COc1ccccc1CNC(=O)[C@@H]1COC(=O)N1CCOc1ccccc1. The van der Waals surface area contributed by atoms with Crippen LogP contribution in [-0.4, -0.2) is 49.8 Å². The number of nitrogens with one attached hydrogen (secondary N) is 1. The van der Waals surface area contributed by atoms with Crippen molar-refractivity contribution in [2.24, 2.45) is 0 Å².